The summed E-state index contributed by atoms with van der Waals surface area (Å²) >= 11 is 5.34. The molecule has 0 saturated carbocycles. The third-order valence-electron chi connectivity index (χ3n) is 3.95. The van der Waals surface area contributed by atoms with Gasteiger partial charge in [0, 0.05) is 15.3 Å². The fourth-order valence-corrected chi connectivity index (χ4v) is 4.28. The fourth-order valence-electron chi connectivity index (χ4n) is 2.81. The van der Waals surface area contributed by atoms with Gasteiger partial charge in [0.25, 0.3) is 0 Å². The molecule has 2 rings (SSSR count). The Labute approximate surface area is 155 Å². The number of alkyl halides is 7. The summed E-state index contributed by atoms with van der Waals surface area (Å²) in [6.07, 6.45) is -3.55. The van der Waals surface area contributed by atoms with Gasteiger partial charge in [-0.15, -0.1) is 0 Å². The number of allylic oxidation sites excluding steroid dienone is 3. The number of rotatable bonds is 4. The highest BCUT2D eigenvalue weighted by atomic mass is 35.5. The molecule has 1 aromatic rings. The summed E-state index contributed by atoms with van der Waals surface area (Å²) in [4.78, 5) is -0.370. The third kappa shape index (κ3) is 3.91. The Hall–Kier alpha value is -1.15. The SMILES string of the molecule is CC1=CC(SC(F)(F)C(F)(F)C(F)(F)F)=CC(C)(c2ccccc2Cl)C1. The quantitative estimate of drug-likeness (QED) is 0.460. The largest absolute Gasteiger partial charge is 0.460 e. The number of hydrogen-bond acceptors (Lipinski definition) is 1. The summed E-state index contributed by atoms with van der Waals surface area (Å²) in [5, 5.41) is -5.01. The van der Waals surface area contributed by atoms with Crippen LogP contribution in [0.5, 0.6) is 0 Å². The van der Waals surface area contributed by atoms with Crippen molar-refractivity contribution < 1.29 is 30.7 Å². The predicted octanol–water partition coefficient (Wildman–Crippen LogP) is 7.36. The average molecular weight is 419 g/mol. The second-order valence-electron chi connectivity index (χ2n) is 6.30. The predicted molar refractivity (Wildman–Crippen MR) is 88.8 cm³/mol. The molecule has 1 aliphatic carbocycles. The number of halogens is 8. The van der Waals surface area contributed by atoms with E-state index in [1.807, 2.05) is 0 Å². The van der Waals surface area contributed by atoms with Gasteiger partial charge < -0.3 is 0 Å². The van der Waals surface area contributed by atoms with Crippen LogP contribution >= 0.6 is 23.4 Å². The van der Waals surface area contributed by atoms with Gasteiger partial charge in [-0.2, -0.15) is 30.7 Å². The van der Waals surface area contributed by atoms with Gasteiger partial charge in [0.15, 0.2) is 0 Å². The summed E-state index contributed by atoms with van der Waals surface area (Å²) in [5.41, 5.74) is 0.213. The lowest BCUT2D eigenvalue weighted by Crippen LogP contribution is -2.50. The molecule has 0 spiro atoms. The van der Waals surface area contributed by atoms with E-state index in [1.165, 1.54) is 12.2 Å². The van der Waals surface area contributed by atoms with E-state index in [0.29, 0.717) is 22.6 Å². The van der Waals surface area contributed by atoms with E-state index in [-0.39, 0.29) is 4.91 Å². The van der Waals surface area contributed by atoms with Crippen molar-refractivity contribution >= 4 is 23.4 Å². The highest BCUT2D eigenvalue weighted by molar-refractivity contribution is 8.04. The summed E-state index contributed by atoms with van der Waals surface area (Å²) < 4.78 is 90.8. The summed E-state index contributed by atoms with van der Waals surface area (Å²) in [5.74, 6) is -6.16. The van der Waals surface area contributed by atoms with Crippen LogP contribution in [-0.4, -0.2) is 17.4 Å². The number of thioether (sulfide) groups is 1. The minimum atomic E-state index is -6.36. The van der Waals surface area contributed by atoms with E-state index in [2.05, 4.69) is 0 Å². The van der Waals surface area contributed by atoms with Crippen LogP contribution in [0.4, 0.5) is 30.7 Å². The number of hydrogen-bond donors (Lipinski definition) is 0. The lowest BCUT2D eigenvalue weighted by molar-refractivity contribution is -0.330. The van der Waals surface area contributed by atoms with Gasteiger partial charge in [0.1, 0.15) is 0 Å². The molecule has 0 saturated heterocycles. The Morgan fingerprint density at radius 1 is 1.04 bits per heavy atom. The molecule has 0 amide bonds. The van der Waals surface area contributed by atoms with Gasteiger partial charge in [-0.05, 0) is 42.8 Å². The molecule has 1 aromatic carbocycles. The second kappa shape index (κ2) is 6.78. The molecule has 0 heterocycles. The molecular formula is C17H14ClF7S. The van der Waals surface area contributed by atoms with Crippen molar-refractivity contribution in [3.8, 4) is 0 Å². The Morgan fingerprint density at radius 3 is 2.15 bits per heavy atom. The van der Waals surface area contributed by atoms with Gasteiger partial charge >= 0.3 is 17.4 Å². The molecule has 0 nitrogen and oxygen atoms in total. The minimum Gasteiger partial charge on any atom is -0.188 e. The summed E-state index contributed by atoms with van der Waals surface area (Å²) in [7, 11) is 0. The zero-order valence-corrected chi connectivity index (χ0v) is 15.2. The van der Waals surface area contributed by atoms with Gasteiger partial charge in [0.2, 0.25) is 0 Å². The van der Waals surface area contributed by atoms with Crippen molar-refractivity contribution in [2.45, 2.75) is 43.0 Å². The first-order valence-corrected chi connectivity index (χ1v) is 8.55. The highest BCUT2D eigenvalue weighted by Gasteiger charge is 2.73. The Bertz CT molecular complexity index is 752. The van der Waals surface area contributed by atoms with Gasteiger partial charge in [-0.1, -0.05) is 48.4 Å². The summed E-state index contributed by atoms with van der Waals surface area (Å²) in [6.45, 7) is 3.24. The van der Waals surface area contributed by atoms with Crippen LogP contribution in [0.25, 0.3) is 0 Å². The number of benzene rings is 1. The van der Waals surface area contributed by atoms with E-state index < -0.39 is 34.5 Å². The molecule has 0 aromatic heterocycles. The standard InChI is InChI=1S/C17H14ClF7S/c1-10-7-11(26-17(24,25)15(19,20)16(21,22)23)9-14(2,8-10)12-5-3-4-6-13(12)18/h3-7,9H,8H2,1-2H3. The first kappa shape index (κ1) is 21.2. The molecule has 1 unspecified atom stereocenters. The van der Waals surface area contributed by atoms with Crippen LogP contribution in [0.2, 0.25) is 5.02 Å². The van der Waals surface area contributed by atoms with Crippen LogP contribution in [-0.2, 0) is 5.41 Å². The van der Waals surface area contributed by atoms with Gasteiger partial charge in [-0.3, -0.25) is 0 Å². The van der Waals surface area contributed by atoms with Crippen molar-refractivity contribution in [2.75, 3.05) is 0 Å². The van der Waals surface area contributed by atoms with Crippen molar-refractivity contribution in [1.29, 1.82) is 0 Å². The van der Waals surface area contributed by atoms with E-state index in [4.69, 9.17) is 11.6 Å². The monoisotopic (exact) mass is 418 g/mol. The Morgan fingerprint density at radius 2 is 1.62 bits per heavy atom. The maximum atomic E-state index is 13.7. The third-order valence-corrected chi connectivity index (χ3v) is 5.27. The molecular weight excluding hydrogens is 405 g/mol. The normalized spacial score (nSPS) is 22.1. The van der Waals surface area contributed by atoms with Crippen LogP contribution in [0.15, 0.2) is 46.9 Å². The first-order chi connectivity index (χ1) is 11.7. The van der Waals surface area contributed by atoms with Crippen molar-refractivity contribution in [2.24, 2.45) is 0 Å². The van der Waals surface area contributed by atoms with Crippen molar-refractivity contribution in [3.05, 3.63) is 57.5 Å². The lowest BCUT2D eigenvalue weighted by atomic mass is 9.75. The minimum absolute atomic E-state index is 0.345. The molecule has 0 fully saturated rings. The molecule has 0 radical (unpaired) electrons. The smallest absolute Gasteiger partial charge is 0.188 e. The highest BCUT2D eigenvalue weighted by Crippen LogP contribution is 2.55. The molecule has 1 atom stereocenters. The topological polar surface area (TPSA) is 0 Å². The van der Waals surface area contributed by atoms with Gasteiger partial charge in [-0.25, -0.2) is 0 Å². The van der Waals surface area contributed by atoms with E-state index in [9.17, 15) is 30.7 Å². The Kier molecular flexibility index (Phi) is 5.52. The lowest BCUT2D eigenvalue weighted by Gasteiger charge is -2.34. The molecule has 9 heteroatoms. The molecule has 26 heavy (non-hydrogen) atoms. The van der Waals surface area contributed by atoms with E-state index in [0.717, 1.165) is 0 Å². The molecule has 144 valence electrons. The van der Waals surface area contributed by atoms with E-state index >= 15 is 0 Å². The van der Waals surface area contributed by atoms with Crippen LogP contribution < -0.4 is 0 Å². The Balaban J connectivity index is 2.43. The van der Waals surface area contributed by atoms with Gasteiger partial charge in [0.05, 0.1) is 0 Å². The zero-order chi connectivity index (χ0) is 20.0. The summed E-state index contributed by atoms with van der Waals surface area (Å²) in [6, 6.07) is 6.58. The van der Waals surface area contributed by atoms with Crippen LogP contribution in [0.3, 0.4) is 0 Å². The van der Waals surface area contributed by atoms with E-state index in [1.54, 1.807) is 38.1 Å². The fraction of sp³-hybridized carbons (Fsp3) is 0.412. The van der Waals surface area contributed by atoms with Crippen molar-refractivity contribution in [1.82, 2.24) is 0 Å². The first-order valence-electron chi connectivity index (χ1n) is 7.36. The molecule has 1 aliphatic rings. The zero-order valence-electron chi connectivity index (χ0n) is 13.6. The maximum Gasteiger partial charge on any atom is 0.460 e. The average Bonchev–Trinajstić information content (AvgIpc) is 2.44. The van der Waals surface area contributed by atoms with Crippen LogP contribution in [0, 0.1) is 0 Å². The maximum absolute atomic E-state index is 13.7. The second-order valence-corrected chi connectivity index (χ2v) is 7.90. The molecule has 0 N–H and O–H groups in total. The molecule has 0 bridgehead atoms. The van der Waals surface area contributed by atoms with Crippen molar-refractivity contribution in [3.63, 3.8) is 0 Å². The molecule has 0 aliphatic heterocycles. The van der Waals surface area contributed by atoms with Crippen LogP contribution in [0.1, 0.15) is 25.8 Å².